The standard InChI is InChI=1S/C16H34O.C11H14.C2H4/c1-4-6-8-10-12-14-16(17-3)15-13-11-9-7-5-2;1-3-10(2)9-11-7-5-4-6-8-11;1-2/h16H,4-15H2,1-3H3;3-8,10H,1,9H2,2H3;1-2H2. The molecule has 1 aromatic carbocycles. The van der Waals surface area contributed by atoms with Crippen molar-refractivity contribution in [3.8, 4) is 0 Å². The van der Waals surface area contributed by atoms with Crippen molar-refractivity contribution >= 4 is 0 Å². The topological polar surface area (TPSA) is 9.23 Å². The van der Waals surface area contributed by atoms with E-state index in [9.17, 15) is 0 Å². The van der Waals surface area contributed by atoms with Gasteiger partial charge in [-0.05, 0) is 30.7 Å². The van der Waals surface area contributed by atoms with Crippen LogP contribution in [0, 0.1) is 5.92 Å². The van der Waals surface area contributed by atoms with E-state index in [-0.39, 0.29) is 0 Å². The Morgan fingerprint density at radius 2 is 1.27 bits per heavy atom. The first-order chi connectivity index (χ1) is 14.7. The van der Waals surface area contributed by atoms with Gasteiger partial charge in [0.05, 0.1) is 6.10 Å². The zero-order chi connectivity index (χ0) is 22.9. The number of benzene rings is 1. The van der Waals surface area contributed by atoms with Gasteiger partial charge in [-0.25, -0.2) is 0 Å². The first-order valence-electron chi connectivity index (χ1n) is 12.4. The second kappa shape index (κ2) is 25.7. The van der Waals surface area contributed by atoms with Crippen LogP contribution in [0.3, 0.4) is 0 Å². The molecule has 1 unspecified atom stereocenters. The van der Waals surface area contributed by atoms with E-state index in [1.807, 2.05) is 19.3 Å². The summed E-state index contributed by atoms with van der Waals surface area (Å²) in [5.41, 5.74) is 1.39. The number of hydrogen-bond donors (Lipinski definition) is 0. The second-order valence-corrected chi connectivity index (χ2v) is 8.17. The fourth-order valence-corrected chi connectivity index (χ4v) is 3.40. The lowest BCUT2D eigenvalue weighted by Crippen LogP contribution is -2.10. The summed E-state index contributed by atoms with van der Waals surface area (Å²) in [7, 11) is 1.88. The lowest BCUT2D eigenvalue weighted by atomic mass is 10.0. The molecule has 1 aromatic rings. The van der Waals surface area contributed by atoms with Crippen LogP contribution in [0.5, 0.6) is 0 Å². The smallest absolute Gasteiger partial charge is 0.0571 e. The van der Waals surface area contributed by atoms with E-state index in [0.717, 1.165) is 6.42 Å². The van der Waals surface area contributed by atoms with Gasteiger partial charge in [0, 0.05) is 7.11 Å². The maximum Gasteiger partial charge on any atom is 0.0571 e. The molecule has 30 heavy (non-hydrogen) atoms. The van der Waals surface area contributed by atoms with Crippen molar-refractivity contribution in [1.82, 2.24) is 0 Å². The van der Waals surface area contributed by atoms with Gasteiger partial charge in [0.1, 0.15) is 0 Å². The summed E-state index contributed by atoms with van der Waals surface area (Å²) < 4.78 is 5.56. The number of unbranched alkanes of at least 4 members (excludes halogenated alkanes) is 8. The Labute approximate surface area is 190 Å². The molecule has 0 saturated carbocycles. The molecule has 0 amide bonds. The highest BCUT2D eigenvalue weighted by molar-refractivity contribution is 5.15. The number of allylic oxidation sites excluding steroid dienone is 1. The molecule has 1 heteroatoms. The van der Waals surface area contributed by atoms with Gasteiger partial charge in [0.25, 0.3) is 0 Å². The van der Waals surface area contributed by atoms with Crippen molar-refractivity contribution in [2.45, 2.75) is 110 Å². The summed E-state index contributed by atoms with van der Waals surface area (Å²) in [5, 5.41) is 0. The number of hydrogen-bond acceptors (Lipinski definition) is 1. The van der Waals surface area contributed by atoms with E-state index in [2.05, 4.69) is 64.8 Å². The van der Waals surface area contributed by atoms with Gasteiger partial charge in [-0.1, -0.05) is 121 Å². The maximum atomic E-state index is 5.56. The van der Waals surface area contributed by atoms with Crippen LogP contribution in [0.25, 0.3) is 0 Å². The van der Waals surface area contributed by atoms with Crippen LogP contribution in [0.4, 0.5) is 0 Å². The minimum absolute atomic E-state index is 0.526. The fraction of sp³-hybridized carbons (Fsp3) is 0.655. The fourth-order valence-electron chi connectivity index (χ4n) is 3.40. The van der Waals surface area contributed by atoms with Crippen molar-refractivity contribution in [2.24, 2.45) is 5.92 Å². The summed E-state index contributed by atoms with van der Waals surface area (Å²) >= 11 is 0. The third-order valence-electron chi connectivity index (χ3n) is 5.40. The largest absolute Gasteiger partial charge is 0.381 e. The highest BCUT2D eigenvalue weighted by atomic mass is 16.5. The van der Waals surface area contributed by atoms with Gasteiger partial charge in [0.2, 0.25) is 0 Å². The molecule has 0 spiro atoms. The molecule has 174 valence electrons. The van der Waals surface area contributed by atoms with E-state index in [0.29, 0.717) is 12.0 Å². The predicted octanol–water partition coefficient (Wildman–Crippen LogP) is 9.58. The van der Waals surface area contributed by atoms with Crippen molar-refractivity contribution in [2.75, 3.05) is 7.11 Å². The zero-order valence-electron chi connectivity index (χ0n) is 20.8. The van der Waals surface area contributed by atoms with Crippen LogP contribution < -0.4 is 0 Å². The minimum Gasteiger partial charge on any atom is -0.381 e. The normalized spacial score (nSPS) is 11.1. The average Bonchev–Trinajstić information content (AvgIpc) is 2.79. The lowest BCUT2D eigenvalue weighted by molar-refractivity contribution is 0.0832. The number of rotatable bonds is 16. The number of methoxy groups -OCH3 is 1. The Kier molecular flexibility index (Phi) is 26.4. The molecule has 0 aliphatic rings. The van der Waals surface area contributed by atoms with Crippen LogP contribution in [0.2, 0.25) is 0 Å². The minimum atomic E-state index is 0.526. The van der Waals surface area contributed by atoms with Crippen LogP contribution >= 0.6 is 0 Å². The molecule has 0 N–H and O–H groups in total. The molecular weight excluding hydrogens is 364 g/mol. The third kappa shape index (κ3) is 21.4. The van der Waals surface area contributed by atoms with E-state index in [4.69, 9.17) is 4.74 Å². The molecule has 1 rings (SSSR count). The molecule has 0 radical (unpaired) electrons. The molecule has 0 aliphatic heterocycles. The molecule has 0 heterocycles. The Morgan fingerprint density at radius 1 is 0.800 bits per heavy atom. The van der Waals surface area contributed by atoms with Gasteiger partial charge >= 0.3 is 0 Å². The molecule has 1 atom stereocenters. The van der Waals surface area contributed by atoms with Gasteiger partial charge in [0.15, 0.2) is 0 Å². The van der Waals surface area contributed by atoms with Crippen molar-refractivity contribution < 1.29 is 4.74 Å². The summed E-state index contributed by atoms with van der Waals surface area (Å²) in [4.78, 5) is 0. The first-order valence-corrected chi connectivity index (χ1v) is 12.4. The van der Waals surface area contributed by atoms with E-state index in [1.54, 1.807) is 0 Å². The quantitative estimate of drug-likeness (QED) is 0.192. The van der Waals surface area contributed by atoms with Gasteiger partial charge in [-0.2, -0.15) is 0 Å². The van der Waals surface area contributed by atoms with Crippen molar-refractivity contribution in [3.63, 3.8) is 0 Å². The summed E-state index contributed by atoms with van der Waals surface area (Å²) in [5.74, 6) is 0.581. The highest BCUT2D eigenvalue weighted by Gasteiger charge is 2.06. The van der Waals surface area contributed by atoms with Gasteiger partial charge in [-0.3, -0.25) is 0 Å². The van der Waals surface area contributed by atoms with Crippen LogP contribution in [0.1, 0.15) is 103 Å². The van der Waals surface area contributed by atoms with Crippen molar-refractivity contribution in [3.05, 3.63) is 61.7 Å². The molecule has 0 fully saturated rings. The Balaban J connectivity index is 0. The van der Waals surface area contributed by atoms with E-state index < -0.39 is 0 Å². The summed E-state index contributed by atoms with van der Waals surface area (Å²) in [6.07, 6.45) is 19.9. The maximum absolute atomic E-state index is 5.56. The Hall–Kier alpha value is -1.34. The SMILES string of the molecule is C=C.C=CC(C)Cc1ccccc1.CCCCCCCC(CCCCCCC)OC. The molecule has 0 bridgehead atoms. The van der Waals surface area contributed by atoms with Crippen LogP contribution in [-0.4, -0.2) is 13.2 Å². The lowest BCUT2D eigenvalue weighted by Gasteiger charge is -2.14. The van der Waals surface area contributed by atoms with Crippen LogP contribution in [-0.2, 0) is 11.2 Å². The Morgan fingerprint density at radius 3 is 1.67 bits per heavy atom. The summed E-state index contributed by atoms with van der Waals surface area (Å²) in [6, 6.07) is 10.5. The Bertz CT molecular complexity index is 425. The molecule has 1 nitrogen and oxygen atoms in total. The monoisotopic (exact) mass is 416 g/mol. The van der Waals surface area contributed by atoms with Crippen molar-refractivity contribution in [1.29, 1.82) is 0 Å². The third-order valence-corrected chi connectivity index (χ3v) is 5.40. The number of ether oxygens (including phenoxy) is 1. The predicted molar refractivity (Wildman–Crippen MR) is 138 cm³/mol. The van der Waals surface area contributed by atoms with Crippen LogP contribution in [0.15, 0.2) is 56.1 Å². The van der Waals surface area contributed by atoms with Gasteiger partial charge < -0.3 is 4.74 Å². The molecule has 0 aromatic heterocycles. The second-order valence-electron chi connectivity index (χ2n) is 8.17. The average molecular weight is 417 g/mol. The van der Waals surface area contributed by atoms with Gasteiger partial charge in [-0.15, -0.1) is 19.7 Å². The van der Waals surface area contributed by atoms with E-state index in [1.165, 1.54) is 82.6 Å². The molecule has 0 saturated heterocycles. The summed E-state index contributed by atoms with van der Waals surface area (Å²) in [6.45, 7) is 16.5. The van der Waals surface area contributed by atoms with E-state index >= 15 is 0 Å². The highest BCUT2D eigenvalue weighted by Crippen LogP contribution is 2.15. The zero-order valence-corrected chi connectivity index (χ0v) is 20.8. The molecular formula is C29H52O. The first kappa shape index (κ1) is 30.9. The molecule has 0 aliphatic carbocycles.